The van der Waals surface area contributed by atoms with Crippen LogP contribution in [-0.2, 0) is 9.16 Å². The average Bonchev–Trinajstić information content (AvgIpc) is 3.03. The van der Waals surface area contributed by atoms with Crippen molar-refractivity contribution in [3.05, 3.63) is 0 Å². The molecule has 2 fully saturated rings. The quantitative estimate of drug-likeness (QED) is 0.525. The fourth-order valence-corrected chi connectivity index (χ4v) is 3.34. The van der Waals surface area contributed by atoms with Crippen molar-refractivity contribution in [2.45, 2.75) is 75.3 Å². The number of epoxide rings is 1. The van der Waals surface area contributed by atoms with Crippen LogP contribution in [0.5, 0.6) is 0 Å². The summed E-state index contributed by atoms with van der Waals surface area (Å²) in [6.07, 6.45) is -2.59. The van der Waals surface area contributed by atoms with Crippen LogP contribution in [0.25, 0.3) is 0 Å². The molecule has 0 unspecified atom stereocenters. The highest BCUT2D eigenvalue weighted by Crippen LogP contribution is 2.45. The van der Waals surface area contributed by atoms with Crippen LogP contribution >= 0.6 is 0 Å². The molecule has 0 radical (unpaired) electrons. The Balaban J connectivity index is 2.00. The molecule has 0 amide bonds. The van der Waals surface area contributed by atoms with Gasteiger partial charge in [-0.1, -0.05) is 20.8 Å². The molecule has 0 aromatic rings. The molecule has 1 aliphatic carbocycles. The number of hydrogen-bond donors (Lipinski definition) is 3. The van der Waals surface area contributed by atoms with Gasteiger partial charge in [0.2, 0.25) is 0 Å². The molecule has 2 rings (SSSR count). The molecule has 1 saturated carbocycles. The van der Waals surface area contributed by atoms with Gasteiger partial charge in [0.25, 0.3) is 0 Å². The summed E-state index contributed by atoms with van der Waals surface area (Å²) in [5.41, 5.74) is -1.18. The summed E-state index contributed by atoms with van der Waals surface area (Å²) in [7, 11) is -1.95. The van der Waals surface area contributed by atoms with Crippen molar-refractivity contribution in [3.63, 3.8) is 0 Å². The molecule has 1 aliphatic heterocycles. The summed E-state index contributed by atoms with van der Waals surface area (Å²) in [4.78, 5) is 0. The average molecular weight is 290 g/mol. The first-order valence-corrected chi connectivity index (χ1v) is 9.77. The van der Waals surface area contributed by atoms with Crippen molar-refractivity contribution < 1.29 is 24.5 Å². The van der Waals surface area contributed by atoms with E-state index < -0.39 is 38.3 Å². The highest BCUT2D eigenvalue weighted by molar-refractivity contribution is 6.74. The minimum atomic E-state index is -1.95. The van der Waals surface area contributed by atoms with Crippen molar-refractivity contribution in [2.24, 2.45) is 0 Å². The number of aliphatic hydroxyl groups excluding tert-OH is 2. The monoisotopic (exact) mass is 290 g/mol. The van der Waals surface area contributed by atoms with E-state index in [0.29, 0.717) is 0 Å². The Bertz CT molecular complexity index is 351. The van der Waals surface area contributed by atoms with Crippen LogP contribution in [0.4, 0.5) is 0 Å². The molecule has 0 aromatic carbocycles. The van der Waals surface area contributed by atoms with Crippen molar-refractivity contribution in [1.82, 2.24) is 0 Å². The van der Waals surface area contributed by atoms with Crippen LogP contribution in [-0.4, -0.2) is 60.3 Å². The van der Waals surface area contributed by atoms with Gasteiger partial charge in [0.15, 0.2) is 8.32 Å². The van der Waals surface area contributed by atoms with Crippen LogP contribution in [0.2, 0.25) is 18.1 Å². The lowest BCUT2D eigenvalue weighted by Gasteiger charge is -2.41. The lowest BCUT2D eigenvalue weighted by atomic mass is 9.82. The van der Waals surface area contributed by atoms with Gasteiger partial charge in [0, 0.05) is 6.42 Å². The summed E-state index contributed by atoms with van der Waals surface area (Å²) >= 11 is 0. The topological polar surface area (TPSA) is 82.5 Å². The van der Waals surface area contributed by atoms with Crippen molar-refractivity contribution in [2.75, 3.05) is 6.61 Å². The fraction of sp³-hybridized carbons (Fsp3) is 1.00. The summed E-state index contributed by atoms with van der Waals surface area (Å²) in [6.45, 7) is 10.8. The molecule has 2 aliphatic rings. The van der Waals surface area contributed by atoms with E-state index in [4.69, 9.17) is 9.16 Å². The van der Waals surface area contributed by atoms with E-state index in [9.17, 15) is 15.3 Å². The first-order chi connectivity index (χ1) is 8.48. The van der Waals surface area contributed by atoms with Crippen LogP contribution in [0.3, 0.4) is 0 Å². The molecule has 6 heteroatoms. The van der Waals surface area contributed by atoms with E-state index in [0.717, 1.165) is 0 Å². The van der Waals surface area contributed by atoms with Gasteiger partial charge in [-0.15, -0.1) is 0 Å². The highest BCUT2D eigenvalue weighted by Gasteiger charge is 2.63. The number of fused-ring (bicyclic) bond motifs is 1. The minimum Gasteiger partial charge on any atom is -0.414 e. The Morgan fingerprint density at radius 2 is 1.89 bits per heavy atom. The standard InChI is InChI=1S/C13H26O5Si/c1-12(2,3)19(4,5)17-7-13(16)6-8(14)9(15)10-11(13)18-10/h8-11,14-16H,6-7H2,1-5H3/t8-,9+,10+,11+,13+/m1/s1. The van der Waals surface area contributed by atoms with Gasteiger partial charge in [0.1, 0.15) is 23.9 Å². The van der Waals surface area contributed by atoms with Gasteiger partial charge in [-0.2, -0.15) is 0 Å². The molecule has 0 bridgehead atoms. The lowest BCUT2D eigenvalue weighted by Crippen LogP contribution is -2.55. The first-order valence-electron chi connectivity index (χ1n) is 6.86. The Kier molecular flexibility index (Phi) is 3.66. The zero-order chi connectivity index (χ0) is 14.6. The Hall–Kier alpha value is 0.0169. The Labute approximate surface area is 115 Å². The lowest BCUT2D eigenvalue weighted by molar-refractivity contribution is -0.0996. The van der Waals surface area contributed by atoms with E-state index in [1.807, 2.05) is 0 Å². The number of rotatable bonds is 3. The molecule has 5 atom stereocenters. The third-order valence-electron chi connectivity index (χ3n) is 4.84. The minimum absolute atomic E-state index is 0.0694. The van der Waals surface area contributed by atoms with Crippen LogP contribution in [0, 0.1) is 0 Å². The zero-order valence-corrected chi connectivity index (χ0v) is 13.4. The summed E-state index contributed by atoms with van der Waals surface area (Å²) in [6, 6.07) is 0. The van der Waals surface area contributed by atoms with Gasteiger partial charge in [-0.05, 0) is 18.1 Å². The van der Waals surface area contributed by atoms with Crippen LogP contribution in [0.15, 0.2) is 0 Å². The zero-order valence-electron chi connectivity index (χ0n) is 12.4. The summed E-state index contributed by atoms with van der Waals surface area (Å²) in [5.74, 6) is 0. The van der Waals surface area contributed by atoms with Gasteiger partial charge in [0.05, 0.1) is 12.7 Å². The predicted molar refractivity (Wildman–Crippen MR) is 73.4 cm³/mol. The number of hydrogen-bond acceptors (Lipinski definition) is 5. The second-order valence-corrected chi connectivity index (χ2v) is 12.2. The molecule has 0 spiro atoms. The summed E-state index contributed by atoms with van der Waals surface area (Å²) in [5, 5.41) is 30.1. The van der Waals surface area contributed by atoms with Crippen LogP contribution in [0.1, 0.15) is 27.2 Å². The molecular weight excluding hydrogens is 264 g/mol. The SMILES string of the molecule is CC(C)(C)[Si](C)(C)OC[C@@]1(O)C[C@@H](O)[C@H](O)[C@@H]2O[C@@H]21. The Morgan fingerprint density at radius 3 is 2.42 bits per heavy atom. The first kappa shape index (κ1) is 15.4. The Morgan fingerprint density at radius 1 is 1.32 bits per heavy atom. The number of ether oxygens (including phenoxy) is 1. The van der Waals surface area contributed by atoms with Crippen LogP contribution < -0.4 is 0 Å². The largest absolute Gasteiger partial charge is 0.414 e. The van der Waals surface area contributed by atoms with E-state index in [1.165, 1.54) is 0 Å². The van der Waals surface area contributed by atoms with E-state index in [1.54, 1.807) is 0 Å². The molecule has 0 aromatic heterocycles. The van der Waals surface area contributed by atoms with Gasteiger partial charge in [-0.25, -0.2) is 0 Å². The third-order valence-corrected chi connectivity index (χ3v) is 9.32. The number of aliphatic hydroxyl groups is 3. The van der Waals surface area contributed by atoms with E-state index >= 15 is 0 Å². The normalized spacial score (nSPS) is 42.9. The fourth-order valence-electron chi connectivity index (χ4n) is 2.30. The van der Waals surface area contributed by atoms with E-state index in [-0.39, 0.29) is 18.1 Å². The molecule has 112 valence electrons. The maximum atomic E-state index is 10.6. The van der Waals surface area contributed by atoms with Gasteiger partial charge in [-0.3, -0.25) is 0 Å². The van der Waals surface area contributed by atoms with E-state index in [2.05, 4.69) is 33.9 Å². The maximum Gasteiger partial charge on any atom is 0.192 e. The van der Waals surface area contributed by atoms with Gasteiger partial charge >= 0.3 is 0 Å². The van der Waals surface area contributed by atoms with Crippen molar-refractivity contribution in [3.8, 4) is 0 Å². The second kappa shape index (κ2) is 4.51. The van der Waals surface area contributed by atoms with Crippen molar-refractivity contribution >= 4 is 8.32 Å². The third kappa shape index (κ3) is 2.75. The predicted octanol–water partition coefficient (Wildman–Crippen LogP) is 0.632. The second-order valence-electron chi connectivity index (χ2n) is 7.44. The van der Waals surface area contributed by atoms with Gasteiger partial charge < -0.3 is 24.5 Å². The van der Waals surface area contributed by atoms with Crippen molar-refractivity contribution in [1.29, 1.82) is 0 Å². The molecule has 19 heavy (non-hydrogen) atoms. The highest BCUT2D eigenvalue weighted by atomic mass is 28.4. The molecule has 1 heterocycles. The maximum absolute atomic E-state index is 10.6. The molecule has 3 N–H and O–H groups in total. The molecule has 5 nitrogen and oxygen atoms in total. The molecular formula is C13H26O5Si. The molecule has 1 saturated heterocycles. The smallest absolute Gasteiger partial charge is 0.192 e. The summed E-state index contributed by atoms with van der Waals surface area (Å²) < 4.78 is 11.3.